The van der Waals surface area contributed by atoms with Crippen LogP contribution in [0.5, 0.6) is 0 Å². The maximum Gasteiger partial charge on any atom is 0.0661 e. The van der Waals surface area contributed by atoms with Gasteiger partial charge in [0.2, 0.25) is 0 Å². The molecule has 1 atom stereocenters. The Morgan fingerprint density at radius 3 is 2.19 bits per heavy atom. The summed E-state index contributed by atoms with van der Waals surface area (Å²) in [5, 5.41) is 0. The molecule has 0 bridgehead atoms. The minimum Gasteiger partial charge on any atom is -0.383 e. The van der Waals surface area contributed by atoms with Crippen LogP contribution in [0.3, 0.4) is 0 Å². The lowest BCUT2D eigenvalue weighted by molar-refractivity contribution is -0.000889. The molecule has 0 spiro atoms. The van der Waals surface area contributed by atoms with E-state index in [9.17, 15) is 0 Å². The summed E-state index contributed by atoms with van der Waals surface area (Å²) in [7, 11) is 3.97. The topological polar surface area (TPSA) is 38.5 Å². The highest BCUT2D eigenvalue weighted by molar-refractivity contribution is 5.03. The van der Waals surface area contributed by atoms with Crippen LogP contribution in [0, 0.1) is 11.3 Å². The smallest absolute Gasteiger partial charge is 0.0661 e. The number of nitrogens with zero attached hydrogens (tertiary/aromatic N) is 1. The van der Waals surface area contributed by atoms with Crippen molar-refractivity contribution in [2.75, 3.05) is 33.9 Å². The summed E-state index contributed by atoms with van der Waals surface area (Å²) in [6, 6.07) is 0. The molecule has 3 nitrogen and oxygen atoms in total. The molecule has 1 unspecified atom stereocenters. The molecule has 1 aliphatic rings. The van der Waals surface area contributed by atoms with Crippen LogP contribution in [-0.4, -0.2) is 44.3 Å². The molecule has 16 heavy (non-hydrogen) atoms. The first-order valence-electron chi connectivity index (χ1n) is 6.26. The molecule has 1 aliphatic carbocycles. The van der Waals surface area contributed by atoms with Gasteiger partial charge in [0.25, 0.3) is 0 Å². The number of hydrogen-bond donors (Lipinski definition) is 1. The van der Waals surface area contributed by atoms with Crippen molar-refractivity contribution in [2.45, 2.75) is 39.2 Å². The Morgan fingerprint density at radius 1 is 1.31 bits per heavy atom. The zero-order chi connectivity index (χ0) is 12.4. The minimum absolute atomic E-state index is 0.0576. The van der Waals surface area contributed by atoms with Gasteiger partial charge in [-0.1, -0.05) is 20.8 Å². The third-order valence-electron chi connectivity index (χ3n) is 3.56. The Hall–Kier alpha value is -0.120. The molecule has 0 radical (unpaired) electrons. The fourth-order valence-corrected chi connectivity index (χ4v) is 2.66. The van der Waals surface area contributed by atoms with Crippen molar-refractivity contribution in [1.82, 2.24) is 4.90 Å². The molecule has 3 heteroatoms. The van der Waals surface area contributed by atoms with E-state index in [0.717, 1.165) is 19.1 Å². The molecule has 1 saturated carbocycles. The van der Waals surface area contributed by atoms with Crippen molar-refractivity contribution in [3.05, 3.63) is 0 Å². The van der Waals surface area contributed by atoms with Crippen LogP contribution in [0.4, 0.5) is 0 Å². The first kappa shape index (κ1) is 13.9. The molecule has 96 valence electrons. The third kappa shape index (κ3) is 3.19. The molecule has 0 saturated heterocycles. The molecule has 1 fully saturated rings. The van der Waals surface area contributed by atoms with Gasteiger partial charge in [-0.3, -0.25) is 4.90 Å². The highest BCUT2D eigenvalue weighted by Gasteiger charge is 2.47. The van der Waals surface area contributed by atoms with Crippen molar-refractivity contribution >= 4 is 0 Å². The molecule has 0 heterocycles. The van der Waals surface area contributed by atoms with E-state index in [-0.39, 0.29) is 5.54 Å². The van der Waals surface area contributed by atoms with Crippen LogP contribution in [0.25, 0.3) is 0 Å². The lowest BCUT2D eigenvalue weighted by Gasteiger charge is -2.44. The summed E-state index contributed by atoms with van der Waals surface area (Å²) in [5.41, 5.74) is 6.39. The van der Waals surface area contributed by atoms with Gasteiger partial charge in [-0.05, 0) is 31.2 Å². The van der Waals surface area contributed by atoms with E-state index >= 15 is 0 Å². The van der Waals surface area contributed by atoms with E-state index in [1.165, 1.54) is 12.8 Å². The van der Waals surface area contributed by atoms with Gasteiger partial charge in [0, 0.05) is 20.2 Å². The Kier molecular flexibility index (Phi) is 4.38. The predicted molar refractivity (Wildman–Crippen MR) is 68.5 cm³/mol. The summed E-state index contributed by atoms with van der Waals surface area (Å²) in [6.07, 6.45) is 2.60. The lowest BCUT2D eigenvalue weighted by atomic mass is 9.88. The summed E-state index contributed by atoms with van der Waals surface area (Å²) < 4.78 is 5.41. The van der Waals surface area contributed by atoms with Gasteiger partial charge in [-0.25, -0.2) is 0 Å². The molecular weight excluding hydrogens is 200 g/mol. The van der Waals surface area contributed by atoms with Gasteiger partial charge in [0.1, 0.15) is 0 Å². The maximum absolute atomic E-state index is 6.03. The highest BCUT2D eigenvalue weighted by Crippen LogP contribution is 2.43. The maximum atomic E-state index is 6.03. The van der Waals surface area contributed by atoms with Gasteiger partial charge in [0.15, 0.2) is 0 Å². The van der Waals surface area contributed by atoms with E-state index < -0.39 is 0 Å². The van der Waals surface area contributed by atoms with Crippen molar-refractivity contribution in [3.63, 3.8) is 0 Å². The van der Waals surface area contributed by atoms with E-state index in [0.29, 0.717) is 12.0 Å². The number of ether oxygens (including phenoxy) is 1. The monoisotopic (exact) mass is 228 g/mol. The number of nitrogens with two attached hydrogens (primary N) is 1. The summed E-state index contributed by atoms with van der Waals surface area (Å²) in [6.45, 7) is 9.31. The second-order valence-corrected chi connectivity index (χ2v) is 6.43. The van der Waals surface area contributed by atoms with Gasteiger partial charge >= 0.3 is 0 Å². The highest BCUT2D eigenvalue weighted by atomic mass is 16.5. The molecule has 0 amide bonds. The largest absolute Gasteiger partial charge is 0.383 e. The van der Waals surface area contributed by atoms with Gasteiger partial charge in [0.05, 0.1) is 12.1 Å². The third-order valence-corrected chi connectivity index (χ3v) is 3.56. The van der Waals surface area contributed by atoms with Crippen LogP contribution in [0.2, 0.25) is 0 Å². The Bertz CT molecular complexity index is 220. The Balaban J connectivity index is 2.74. The number of likely N-dealkylation sites (N-methyl/N-ethyl adjacent to an activating group) is 1. The normalized spacial score (nSPS) is 21.2. The molecule has 0 aromatic heterocycles. The van der Waals surface area contributed by atoms with E-state index in [2.05, 4.69) is 32.7 Å². The average molecular weight is 228 g/mol. The van der Waals surface area contributed by atoms with E-state index in [1.807, 2.05) is 0 Å². The predicted octanol–water partition coefficient (Wildman–Crippen LogP) is 1.72. The van der Waals surface area contributed by atoms with Crippen molar-refractivity contribution in [2.24, 2.45) is 17.1 Å². The first-order chi connectivity index (χ1) is 7.35. The molecular formula is C13H28N2O. The van der Waals surface area contributed by atoms with E-state index in [1.54, 1.807) is 7.11 Å². The zero-order valence-electron chi connectivity index (χ0n) is 11.5. The zero-order valence-corrected chi connectivity index (χ0v) is 11.5. The summed E-state index contributed by atoms with van der Waals surface area (Å²) in [5.74, 6) is 0.727. The SMILES string of the molecule is COCC(CN)(C1CC1)N(C)CC(C)(C)C. The van der Waals surface area contributed by atoms with Gasteiger partial charge < -0.3 is 10.5 Å². The summed E-state index contributed by atoms with van der Waals surface area (Å²) in [4.78, 5) is 2.42. The van der Waals surface area contributed by atoms with E-state index in [4.69, 9.17) is 10.5 Å². The Morgan fingerprint density at radius 2 is 1.88 bits per heavy atom. The number of rotatable bonds is 6. The van der Waals surface area contributed by atoms with Crippen LogP contribution in [0.15, 0.2) is 0 Å². The fraction of sp³-hybridized carbons (Fsp3) is 1.00. The molecule has 0 aromatic carbocycles. The summed E-state index contributed by atoms with van der Waals surface area (Å²) >= 11 is 0. The number of hydrogen-bond acceptors (Lipinski definition) is 3. The van der Waals surface area contributed by atoms with Gasteiger partial charge in [-0.2, -0.15) is 0 Å². The molecule has 0 aromatic rings. The standard InChI is InChI=1S/C13H28N2O/c1-12(2,3)9-15(4)13(8-14,10-16-5)11-6-7-11/h11H,6-10,14H2,1-5H3. The van der Waals surface area contributed by atoms with Crippen LogP contribution < -0.4 is 5.73 Å². The lowest BCUT2D eigenvalue weighted by Crippen LogP contribution is -2.58. The van der Waals surface area contributed by atoms with Crippen LogP contribution >= 0.6 is 0 Å². The molecule has 0 aliphatic heterocycles. The quantitative estimate of drug-likeness (QED) is 0.752. The molecule has 2 N–H and O–H groups in total. The van der Waals surface area contributed by atoms with Crippen molar-refractivity contribution in [1.29, 1.82) is 0 Å². The number of methoxy groups -OCH3 is 1. The van der Waals surface area contributed by atoms with Crippen molar-refractivity contribution < 1.29 is 4.74 Å². The Labute approximate surface area is 100 Å². The average Bonchev–Trinajstić information content (AvgIpc) is 2.94. The van der Waals surface area contributed by atoms with Gasteiger partial charge in [-0.15, -0.1) is 0 Å². The second-order valence-electron chi connectivity index (χ2n) is 6.43. The van der Waals surface area contributed by atoms with Crippen LogP contribution in [0.1, 0.15) is 33.6 Å². The second kappa shape index (κ2) is 5.03. The van der Waals surface area contributed by atoms with Crippen LogP contribution in [-0.2, 0) is 4.74 Å². The van der Waals surface area contributed by atoms with Crippen molar-refractivity contribution in [3.8, 4) is 0 Å². The first-order valence-corrected chi connectivity index (χ1v) is 6.26. The fourth-order valence-electron chi connectivity index (χ4n) is 2.66. The minimum atomic E-state index is 0.0576. The molecule has 1 rings (SSSR count).